The monoisotopic (exact) mass is 195 g/mol. The zero-order chi connectivity index (χ0) is 10.8. The zero-order valence-corrected chi connectivity index (χ0v) is 9.97. The van der Waals surface area contributed by atoms with Crippen LogP contribution in [0.3, 0.4) is 0 Å². The molecule has 0 saturated heterocycles. The summed E-state index contributed by atoms with van der Waals surface area (Å²) in [4.78, 5) is 0. The number of hydrogen-bond acceptors (Lipinski definition) is 1. The molecule has 0 aliphatic carbocycles. The molecule has 0 spiro atoms. The van der Waals surface area contributed by atoms with Crippen molar-refractivity contribution >= 4 is 0 Å². The Balaban J connectivity index is 3.31. The smallest absolute Gasteiger partial charge is 0.0138 e. The van der Waals surface area contributed by atoms with Gasteiger partial charge in [0.25, 0.3) is 0 Å². The van der Waals surface area contributed by atoms with E-state index in [2.05, 4.69) is 44.8 Å². The first-order chi connectivity index (χ1) is 6.68. The van der Waals surface area contributed by atoms with Crippen LogP contribution in [-0.4, -0.2) is 13.1 Å². The van der Waals surface area contributed by atoms with Gasteiger partial charge in [-0.1, -0.05) is 57.9 Å². The van der Waals surface area contributed by atoms with Crippen LogP contribution < -0.4 is 5.32 Å². The van der Waals surface area contributed by atoms with Crippen molar-refractivity contribution in [3.05, 3.63) is 24.3 Å². The van der Waals surface area contributed by atoms with E-state index in [9.17, 15) is 0 Å². The van der Waals surface area contributed by atoms with Crippen LogP contribution in [0.5, 0.6) is 0 Å². The molecule has 0 aromatic heterocycles. The minimum absolute atomic E-state index is 0.561. The Morgan fingerprint density at radius 2 is 2.07 bits per heavy atom. The Morgan fingerprint density at radius 1 is 1.36 bits per heavy atom. The van der Waals surface area contributed by atoms with Crippen molar-refractivity contribution in [3.63, 3.8) is 0 Å². The van der Waals surface area contributed by atoms with Gasteiger partial charge in [-0.05, 0) is 18.9 Å². The average Bonchev–Trinajstić information content (AvgIpc) is 2.16. The quantitative estimate of drug-likeness (QED) is 0.461. The van der Waals surface area contributed by atoms with E-state index in [1.165, 1.54) is 24.8 Å². The molecule has 0 aromatic carbocycles. The third-order valence-electron chi connectivity index (χ3n) is 2.29. The second-order valence-electron chi connectivity index (χ2n) is 4.04. The van der Waals surface area contributed by atoms with Gasteiger partial charge in [-0.3, -0.25) is 0 Å². The van der Waals surface area contributed by atoms with Gasteiger partial charge < -0.3 is 5.32 Å². The molecule has 0 radical (unpaired) electrons. The van der Waals surface area contributed by atoms with Gasteiger partial charge in [-0.2, -0.15) is 0 Å². The Bertz CT molecular complexity index is 168. The Morgan fingerprint density at radius 3 is 2.64 bits per heavy atom. The van der Waals surface area contributed by atoms with E-state index in [-0.39, 0.29) is 0 Å². The maximum Gasteiger partial charge on any atom is 0.0138 e. The molecule has 0 aliphatic rings. The summed E-state index contributed by atoms with van der Waals surface area (Å²) in [6.45, 7) is 12.7. The van der Waals surface area contributed by atoms with Gasteiger partial charge in [0.15, 0.2) is 0 Å². The van der Waals surface area contributed by atoms with Crippen LogP contribution in [0.15, 0.2) is 24.3 Å². The number of unbranched alkanes of at least 4 members (excludes halogenated alkanes) is 2. The van der Waals surface area contributed by atoms with Gasteiger partial charge in [0, 0.05) is 6.54 Å². The average molecular weight is 195 g/mol. The highest BCUT2D eigenvalue weighted by atomic mass is 14.8. The molecule has 0 saturated carbocycles. The van der Waals surface area contributed by atoms with Crippen molar-refractivity contribution in [2.45, 2.75) is 40.0 Å². The van der Waals surface area contributed by atoms with Crippen LogP contribution in [0.25, 0.3) is 0 Å². The maximum absolute atomic E-state index is 3.99. The normalized spacial score (nSPS) is 11.4. The van der Waals surface area contributed by atoms with Crippen LogP contribution >= 0.6 is 0 Å². The van der Waals surface area contributed by atoms with Gasteiger partial charge in [0.2, 0.25) is 0 Å². The molecule has 0 rings (SSSR count). The standard InChI is InChI=1S/C13H25N/c1-5-6-7-10-14-11-8-9-13(4)12(2)3/h8-9,12,14H,4-7,10-11H2,1-3H3/b9-8+. The van der Waals surface area contributed by atoms with Crippen molar-refractivity contribution in [1.29, 1.82) is 0 Å². The summed E-state index contributed by atoms with van der Waals surface area (Å²) in [5.74, 6) is 0.561. The number of hydrogen-bond donors (Lipinski definition) is 1. The lowest BCUT2D eigenvalue weighted by Crippen LogP contribution is -2.14. The molecule has 1 nitrogen and oxygen atoms in total. The maximum atomic E-state index is 3.99. The van der Waals surface area contributed by atoms with E-state index in [4.69, 9.17) is 0 Å². The summed E-state index contributed by atoms with van der Waals surface area (Å²) in [7, 11) is 0. The molecule has 0 aliphatic heterocycles. The molecule has 0 unspecified atom stereocenters. The molecule has 0 heterocycles. The third-order valence-corrected chi connectivity index (χ3v) is 2.29. The molecular formula is C13H25N. The predicted octanol–water partition coefficient (Wildman–Crippen LogP) is 3.53. The fraction of sp³-hybridized carbons (Fsp3) is 0.692. The van der Waals surface area contributed by atoms with Gasteiger partial charge in [-0.25, -0.2) is 0 Å². The molecule has 0 aromatic rings. The summed E-state index contributed by atoms with van der Waals surface area (Å²) in [6.07, 6.45) is 8.19. The summed E-state index contributed by atoms with van der Waals surface area (Å²) in [6, 6.07) is 0. The van der Waals surface area contributed by atoms with Crippen molar-refractivity contribution in [2.75, 3.05) is 13.1 Å². The van der Waals surface area contributed by atoms with Crippen LogP contribution in [0, 0.1) is 5.92 Å². The van der Waals surface area contributed by atoms with E-state index in [0.29, 0.717) is 5.92 Å². The minimum atomic E-state index is 0.561. The second kappa shape index (κ2) is 9.01. The lowest BCUT2D eigenvalue weighted by atomic mass is 10.1. The SMILES string of the molecule is C=C(/C=C/CNCCCCC)C(C)C. The molecule has 14 heavy (non-hydrogen) atoms. The first kappa shape index (κ1) is 13.4. The molecule has 1 N–H and O–H groups in total. The largest absolute Gasteiger partial charge is 0.313 e. The molecule has 0 fully saturated rings. The minimum Gasteiger partial charge on any atom is -0.313 e. The molecule has 0 atom stereocenters. The van der Waals surface area contributed by atoms with E-state index >= 15 is 0 Å². The highest BCUT2D eigenvalue weighted by Crippen LogP contribution is 2.06. The van der Waals surface area contributed by atoms with Crippen LogP contribution in [0.2, 0.25) is 0 Å². The zero-order valence-electron chi connectivity index (χ0n) is 9.97. The topological polar surface area (TPSA) is 12.0 Å². The Labute approximate surface area is 89.3 Å². The molecular weight excluding hydrogens is 170 g/mol. The van der Waals surface area contributed by atoms with Gasteiger partial charge >= 0.3 is 0 Å². The number of allylic oxidation sites excluding steroid dienone is 2. The predicted molar refractivity (Wildman–Crippen MR) is 65.5 cm³/mol. The van der Waals surface area contributed by atoms with Crippen molar-refractivity contribution in [1.82, 2.24) is 5.32 Å². The summed E-state index contributed by atoms with van der Waals surface area (Å²) in [5.41, 5.74) is 1.21. The third kappa shape index (κ3) is 8.06. The lowest BCUT2D eigenvalue weighted by molar-refractivity contribution is 0.646. The Hall–Kier alpha value is -0.560. The number of nitrogens with one attached hydrogen (secondary N) is 1. The van der Waals surface area contributed by atoms with Gasteiger partial charge in [0.1, 0.15) is 0 Å². The molecule has 1 heteroatoms. The lowest BCUT2D eigenvalue weighted by Gasteiger charge is -2.03. The molecule has 0 bridgehead atoms. The van der Waals surface area contributed by atoms with E-state index in [0.717, 1.165) is 13.1 Å². The first-order valence-corrected chi connectivity index (χ1v) is 5.74. The fourth-order valence-electron chi connectivity index (χ4n) is 1.09. The fourth-order valence-corrected chi connectivity index (χ4v) is 1.09. The van der Waals surface area contributed by atoms with Crippen molar-refractivity contribution in [3.8, 4) is 0 Å². The Kier molecular flexibility index (Phi) is 8.65. The van der Waals surface area contributed by atoms with E-state index < -0.39 is 0 Å². The second-order valence-corrected chi connectivity index (χ2v) is 4.04. The van der Waals surface area contributed by atoms with Crippen LogP contribution in [0.1, 0.15) is 40.0 Å². The van der Waals surface area contributed by atoms with Crippen LogP contribution in [0.4, 0.5) is 0 Å². The highest BCUT2D eigenvalue weighted by Gasteiger charge is 1.93. The first-order valence-electron chi connectivity index (χ1n) is 5.74. The number of rotatable bonds is 8. The summed E-state index contributed by atoms with van der Waals surface area (Å²) in [5, 5.41) is 3.39. The summed E-state index contributed by atoms with van der Waals surface area (Å²) >= 11 is 0. The van der Waals surface area contributed by atoms with Crippen LogP contribution in [-0.2, 0) is 0 Å². The summed E-state index contributed by atoms with van der Waals surface area (Å²) < 4.78 is 0. The van der Waals surface area contributed by atoms with Gasteiger partial charge in [-0.15, -0.1) is 0 Å². The van der Waals surface area contributed by atoms with E-state index in [1.54, 1.807) is 0 Å². The van der Waals surface area contributed by atoms with E-state index in [1.807, 2.05) is 0 Å². The highest BCUT2D eigenvalue weighted by molar-refractivity contribution is 5.16. The van der Waals surface area contributed by atoms with Gasteiger partial charge in [0.05, 0.1) is 0 Å². The molecule has 82 valence electrons. The van der Waals surface area contributed by atoms with Crippen molar-refractivity contribution in [2.24, 2.45) is 5.92 Å². The van der Waals surface area contributed by atoms with Crippen molar-refractivity contribution < 1.29 is 0 Å². The molecule has 0 amide bonds.